The molecule has 2 N–H and O–H groups in total. The van der Waals surface area contributed by atoms with Crippen molar-refractivity contribution >= 4 is 17.0 Å². The van der Waals surface area contributed by atoms with Crippen LogP contribution in [0.4, 0.5) is 5.95 Å². The number of nitrogens with zero attached hydrogens (tertiary/aromatic N) is 3. The summed E-state index contributed by atoms with van der Waals surface area (Å²) < 4.78 is 1.82. The molecule has 1 aliphatic rings. The number of hydrogen-bond donors (Lipinski definition) is 2. The topological polar surface area (TPSA) is 75.6 Å². The van der Waals surface area contributed by atoms with E-state index in [9.17, 15) is 4.79 Å². The van der Waals surface area contributed by atoms with E-state index >= 15 is 0 Å². The molecule has 1 aliphatic carbocycles. The zero-order valence-corrected chi connectivity index (χ0v) is 14.4. The Morgan fingerprint density at radius 3 is 2.48 bits per heavy atom. The second kappa shape index (κ2) is 6.34. The Labute approximate surface area is 136 Å². The second-order valence-electron chi connectivity index (χ2n) is 7.57. The van der Waals surface area contributed by atoms with Gasteiger partial charge in [0.1, 0.15) is 5.39 Å². The van der Waals surface area contributed by atoms with E-state index in [2.05, 4.69) is 41.2 Å². The van der Waals surface area contributed by atoms with E-state index in [4.69, 9.17) is 0 Å². The largest absolute Gasteiger partial charge is 0.353 e. The summed E-state index contributed by atoms with van der Waals surface area (Å²) in [6.45, 7) is 6.18. The molecule has 0 bridgehead atoms. The zero-order valence-electron chi connectivity index (χ0n) is 14.4. The van der Waals surface area contributed by atoms with Gasteiger partial charge in [-0.2, -0.15) is 10.1 Å². The Balaban J connectivity index is 1.90. The number of H-pyrrole nitrogens is 1. The highest BCUT2D eigenvalue weighted by Gasteiger charge is 2.20. The molecular weight excluding hydrogens is 290 g/mol. The van der Waals surface area contributed by atoms with Gasteiger partial charge in [-0.05, 0) is 33.6 Å². The minimum atomic E-state index is -0.208. The fourth-order valence-electron chi connectivity index (χ4n) is 3.27. The zero-order chi connectivity index (χ0) is 16.4. The first-order valence-corrected chi connectivity index (χ1v) is 8.70. The molecular formula is C17H27N5O. The fourth-order valence-corrected chi connectivity index (χ4v) is 3.27. The SMILES string of the molecule is CC(C)(C)n1ncc2c(=O)[nH]c(NC3CCCCCCC3)nc21. The average molecular weight is 317 g/mol. The maximum Gasteiger partial charge on any atom is 0.263 e. The number of fused-ring (bicyclic) bond motifs is 1. The molecule has 126 valence electrons. The normalized spacial score (nSPS) is 17.9. The van der Waals surface area contributed by atoms with E-state index in [0.29, 0.717) is 23.0 Å². The van der Waals surface area contributed by atoms with Crippen LogP contribution in [0.2, 0.25) is 0 Å². The highest BCUT2D eigenvalue weighted by atomic mass is 16.1. The molecule has 2 aromatic rings. The van der Waals surface area contributed by atoms with Gasteiger partial charge in [0.2, 0.25) is 5.95 Å². The van der Waals surface area contributed by atoms with E-state index in [1.807, 2.05) is 4.68 Å². The van der Waals surface area contributed by atoms with Crippen molar-refractivity contribution < 1.29 is 0 Å². The first kappa shape index (κ1) is 16.0. The van der Waals surface area contributed by atoms with Crippen molar-refractivity contribution in [1.29, 1.82) is 0 Å². The predicted molar refractivity (Wildman–Crippen MR) is 92.9 cm³/mol. The monoisotopic (exact) mass is 317 g/mol. The first-order chi connectivity index (χ1) is 10.9. The fraction of sp³-hybridized carbons (Fsp3) is 0.706. The smallest absolute Gasteiger partial charge is 0.263 e. The molecule has 0 aromatic carbocycles. The van der Waals surface area contributed by atoms with Crippen LogP contribution in [0.15, 0.2) is 11.0 Å². The molecule has 0 radical (unpaired) electrons. The van der Waals surface area contributed by atoms with Gasteiger partial charge in [0.25, 0.3) is 5.56 Å². The lowest BCUT2D eigenvalue weighted by Crippen LogP contribution is -2.26. The molecule has 0 amide bonds. The van der Waals surface area contributed by atoms with Crippen molar-refractivity contribution in [3.05, 3.63) is 16.6 Å². The van der Waals surface area contributed by atoms with Crippen molar-refractivity contribution in [3.63, 3.8) is 0 Å². The Hall–Kier alpha value is -1.85. The van der Waals surface area contributed by atoms with Crippen LogP contribution >= 0.6 is 0 Å². The molecule has 1 fully saturated rings. The molecule has 0 atom stereocenters. The van der Waals surface area contributed by atoms with Crippen molar-refractivity contribution in [3.8, 4) is 0 Å². The summed E-state index contributed by atoms with van der Waals surface area (Å²) in [5, 5.41) is 8.34. The molecule has 6 nitrogen and oxygen atoms in total. The molecule has 0 spiro atoms. The minimum absolute atomic E-state index is 0.126. The third-order valence-electron chi connectivity index (χ3n) is 4.52. The summed E-state index contributed by atoms with van der Waals surface area (Å²) >= 11 is 0. The minimum Gasteiger partial charge on any atom is -0.353 e. The van der Waals surface area contributed by atoms with Crippen molar-refractivity contribution in [2.45, 2.75) is 77.3 Å². The van der Waals surface area contributed by atoms with E-state index in [1.165, 1.54) is 32.1 Å². The lowest BCUT2D eigenvalue weighted by molar-refractivity contribution is 0.366. The Bertz CT molecular complexity index is 717. The van der Waals surface area contributed by atoms with Crippen molar-refractivity contribution in [1.82, 2.24) is 19.7 Å². The van der Waals surface area contributed by atoms with E-state index < -0.39 is 0 Å². The standard InChI is InChI=1S/C17H27N5O/c1-17(2,3)22-14-13(11-18-22)15(23)21-16(20-14)19-12-9-7-5-4-6-8-10-12/h11-12H,4-10H2,1-3H3,(H2,19,20,21,23). The maximum absolute atomic E-state index is 12.3. The van der Waals surface area contributed by atoms with Crippen molar-refractivity contribution in [2.24, 2.45) is 0 Å². The third-order valence-corrected chi connectivity index (χ3v) is 4.52. The van der Waals surface area contributed by atoms with Crippen LogP contribution in [0.25, 0.3) is 11.0 Å². The summed E-state index contributed by atoms with van der Waals surface area (Å²) in [5.74, 6) is 0.569. The summed E-state index contributed by atoms with van der Waals surface area (Å²) in [5.41, 5.74) is 0.313. The molecule has 6 heteroatoms. The van der Waals surface area contributed by atoms with Gasteiger partial charge >= 0.3 is 0 Å². The molecule has 3 rings (SSSR count). The molecule has 0 aliphatic heterocycles. The predicted octanol–water partition coefficient (Wildman–Crippen LogP) is 3.40. The Morgan fingerprint density at radius 2 is 1.83 bits per heavy atom. The van der Waals surface area contributed by atoms with Crippen LogP contribution in [0.3, 0.4) is 0 Å². The lowest BCUT2D eigenvalue weighted by atomic mass is 9.97. The summed E-state index contributed by atoms with van der Waals surface area (Å²) in [7, 11) is 0. The van der Waals surface area contributed by atoms with Gasteiger partial charge in [0, 0.05) is 6.04 Å². The van der Waals surface area contributed by atoms with Crippen LogP contribution in [0.1, 0.15) is 65.7 Å². The third kappa shape index (κ3) is 3.57. The van der Waals surface area contributed by atoms with Gasteiger partial charge < -0.3 is 5.32 Å². The van der Waals surface area contributed by atoms with Gasteiger partial charge in [-0.3, -0.25) is 9.78 Å². The molecule has 2 heterocycles. The Morgan fingerprint density at radius 1 is 1.17 bits per heavy atom. The highest BCUT2D eigenvalue weighted by Crippen LogP contribution is 2.21. The van der Waals surface area contributed by atoms with Crippen molar-refractivity contribution in [2.75, 3.05) is 5.32 Å². The summed E-state index contributed by atoms with van der Waals surface area (Å²) in [6.07, 6.45) is 10.3. The highest BCUT2D eigenvalue weighted by molar-refractivity contribution is 5.74. The second-order valence-corrected chi connectivity index (χ2v) is 7.57. The van der Waals surface area contributed by atoms with Crippen LogP contribution in [-0.2, 0) is 5.54 Å². The number of anilines is 1. The summed E-state index contributed by atoms with van der Waals surface area (Å²) in [4.78, 5) is 19.8. The Kier molecular flexibility index (Phi) is 4.41. The van der Waals surface area contributed by atoms with Gasteiger partial charge in [-0.1, -0.05) is 32.1 Å². The molecule has 23 heavy (non-hydrogen) atoms. The average Bonchev–Trinajstić information content (AvgIpc) is 2.86. The number of aromatic amines is 1. The summed E-state index contributed by atoms with van der Waals surface area (Å²) in [6, 6.07) is 0.391. The van der Waals surface area contributed by atoms with Crippen LogP contribution in [0.5, 0.6) is 0 Å². The van der Waals surface area contributed by atoms with Crippen LogP contribution in [-0.4, -0.2) is 25.8 Å². The first-order valence-electron chi connectivity index (χ1n) is 8.70. The van der Waals surface area contributed by atoms with Gasteiger partial charge in [-0.15, -0.1) is 0 Å². The number of aromatic nitrogens is 4. The number of hydrogen-bond acceptors (Lipinski definition) is 4. The quantitative estimate of drug-likeness (QED) is 0.890. The van der Waals surface area contributed by atoms with E-state index in [-0.39, 0.29) is 11.1 Å². The maximum atomic E-state index is 12.3. The van der Waals surface area contributed by atoms with E-state index in [0.717, 1.165) is 12.8 Å². The van der Waals surface area contributed by atoms with Crippen LogP contribution < -0.4 is 10.9 Å². The van der Waals surface area contributed by atoms with Gasteiger partial charge in [-0.25, -0.2) is 4.68 Å². The molecule has 1 saturated carbocycles. The van der Waals surface area contributed by atoms with E-state index in [1.54, 1.807) is 6.20 Å². The molecule has 2 aromatic heterocycles. The molecule has 0 saturated heterocycles. The van der Waals surface area contributed by atoms with Crippen LogP contribution in [0, 0.1) is 0 Å². The number of nitrogens with one attached hydrogen (secondary N) is 2. The van der Waals surface area contributed by atoms with Gasteiger partial charge in [0.05, 0.1) is 11.7 Å². The number of rotatable bonds is 2. The lowest BCUT2D eigenvalue weighted by Gasteiger charge is -2.22. The molecule has 0 unspecified atom stereocenters. The van der Waals surface area contributed by atoms with Gasteiger partial charge in [0.15, 0.2) is 5.65 Å².